The molecule has 12 heteroatoms. The van der Waals surface area contributed by atoms with E-state index in [1.165, 1.54) is 23.5 Å². The van der Waals surface area contributed by atoms with Crippen LogP contribution in [0.3, 0.4) is 0 Å². The molecule has 1 saturated carbocycles. The molecule has 49 heavy (non-hydrogen) atoms. The van der Waals surface area contributed by atoms with Crippen LogP contribution in [0.15, 0.2) is 41.8 Å². The number of fused-ring (bicyclic) bond motifs is 1. The SMILES string of the molecule is CCC1CC[C@H](COC)N1[C@H]1C[C@@H](COC2CCC(C(=O)O)CC2)N(C(=O)Cc2cc(Cl)c(NC(=O)c3csc4ccccc34)cc2F)C1. The van der Waals surface area contributed by atoms with Gasteiger partial charge in [-0.2, -0.15) is 0 Å². The van der Waals surface area contributed by atoms with E-state index in [4.69, 9.17) is 21.1 Å². The number of nitrogens with zero attached hydrogens (tertiary/aromatic N) is 2. The monoisotopic (exact) mass is 713 g/mol. The number of anilines is 1. The van der Waals surface area contributed by atoms with Gasteiger partial charge in [-0.25, -0.2) is 4.39 Å². The van der Waals surface area contributed by atoms with Gasteiger partial charge in [0.2, 0.25) is 5.91 Å². The van der Waals surface area contributed by atoms with E-state index in [0.717, 1.165) is 35.8 Å². The third-order valence-corrected chi connectivity index (χ3v) is 11.9. The lowest BCUT2D eigenvalue weighted by Gasteiger charge is -2.35. The lowest BCUT2D eigenvalue weighted by atomic mass is 9.87. The summed E-state index contributed by atoms with van der Waals surface area (Å²) in [6.07, 6.45) is 6.16. The molecule has 0 radical (unpaired) electrons. The van der Waals surface area contributed by atoms with Crippen molar-refractivity contribution in [1.29, 1.82) is 0 Å². The van der Waals surface area contributed by atoms with Crippen molar-refractivity contribution in [2.45, 2.75) is 95.0 Å². The largest absolute Gasteiger partial charge is 0.481 e. The molecule has 3 aliphatic rings. The van der Waals surface area contributed by atoms with Crippen molar-refractivity contribution in [3.05, 3.63) is 63.7 Å². The summed E-state index contributed by atoms with van der Waals surface area (Å²) in [5, 5.41) is 14.9. The van der Waals surface area contributed by atoms with Gasteiger partial charge in [-0.3, -0.25) is 19.3 Å². The van der Waals surface area contributed by atoms with Gasteiger partial charge in [0.15, 0.2) is 0 Å². The number of carbonyl (C=O) groups is 3. The Morgan fingerprint density at radius 3 is 2.53 bits per heavy atom. The molecule has 1 unspecified atom stereocenters. The Kier molecular flexibility index (Phi) is 11.6. The van der Waals surface area contributed by atoms with Gasteiger partial charge < -0.3 is 24.8 Å². The molecule has 1 aromatic heterocycles. The van der Waals surface area contributed by atoms with Crippen LogP contribution in [0.4, 0.5) is 10.1 Å². The van der Waals surface area contributed by atoms with Crippen LogP contribution in [0.25, 0.3) is 10.1 Å². The van der Waals surface area contributed by atoms with E-state index in [0.29, 0.717) is 57.0 Å². The number of carboxylic acids is 1. The first-order valence-electron chi connectivity index (χ1n) is 17.3. The molecule has 0 spiro atoms. The Bertz CT molecular complexity index is 1660. The highest BCUT2D eigenvalue weighted by atomic mass is 35.5. The van der Waals surface area contributed by atoms with Gasteiger partial charge in [0, 0.05) is 47.2 Å². The van der Waals surface area contributed by atoms with Crippen LogP contribution in [-0.2, 0) is 25.5 Å². The van der Waals surface area contributed by atoms with Crippen molar-refractivity contribution < 1.29 is 33.4 Å². The average molecular weight is 714 g/mol. The molecule has 2 aromatic carbocycles. The maximum atomic E-state index is 15.6. The minimum Gasteiger partial charge on any atom is -0.481 e. The fourth-order valence-electron chi connectivity index (χ4n) is 8.08. The topological polar surface area (TPSA) is 108 Å². The molecule has 3 aromatic rings. The Hall–Kier alpha value is -3.09. The number of amides is 2. The number of likely N-dealkylation sites (tertiary alicyclic amines) is 2. The van der Waals surface area contributed by atoms with Crippen LogP contribution in [-0.4, -0.2) is 89.8 Å². The van der Waals surface area contributed by atoms with Crippen LogP contribution < -0.4 is 5.32 Å². The molecule has 4 atom stereocenters. The maximum Gasteiger partial charge on any atom is 0.306 e. The van der Waals surface area contributed by atoms with Gasteiger partial charge in [-0.15, -0.1) is 11.3 Å². The summed E-state index contributed by atoms with van der Waals surface area (Å²) in [7, 11) is 1.72. The van der Waals surface area contributed by atoms with E-state index < -0.39 is 11.8 Å². The van der Waals surface area contributed by atoms with Crippen LogP contribution >= 0.6 is 22.9 Å². The summed E-state index contributed by atoms with van der Waals surface area (Å²) < 4.78 is 28.5. The van der Waals surface area contributed by atoms with E-state index in [1.807, 2.05) is 29.2 Å². The first-order chi connectivity index (χ1) is 23.7. The molecule has 3 fully saturated rings. The van der Waals surface area contributed by atoms with E-state index in [9.17, 15) is 19.5 Å². The van der Waals surface area contributed by atoms with E-state index in [-0.39, 0.29) is 64.7 Å². The third-order valence-electron chi connectivity index (χ3n) is 10.6. The van der Waals surface area contributed by atoms with Crippen molar-refractivity contribution >= 4 is 56.5 Å². The van der Waals surface area contributed by atoms with Crippen LogP contribution in [0.1, 0.15) is 74.2 Å². The molecule has 2 N–H and O–H groups in total. The lowest BCUT2D eigenvalue weighted by Crippen LogP contribution is -2.47. The van der Waals surface area contributed by atoms with Gasteiger partial charge in [-0.05, 0) is 75.1 Å². The van der Waals surface area contributed by atoms with Crippen molar-refractivity contribution in [2.24, 2.45) is 5.92 Å². The normalized spacial score (nSPS) is 26.0. The zero-order valence-corrected chi connectivity index (χ0v) is 29.6. The molecule has 6 rings (SSSR count). The summed E-state index contributed by atoms with van der Waals surface area (Å²) in [6, 6.07) is 10.8. The molecule has 1 aliphatic carbocycles. The molecule has 2 saturated heterocycles. The molecule has 3 heterocycles. The zero-order valence-electron chi connectivity index (χ0n) is 28.0. The highest BCUT2D eigenvalue weighted by molar-refractivity contribution is 7.17. The highest BCUT2D eigenvalue weighted by Gasteiger charge is 2.44. The Morgan fingerprint density at radius 2 is 1.80 bits per heavy atom. The van der Waals surface area contributed by atoms with Gasteiger partial charge in [0.25, 0.3) is 5.91 Å². The molecule has 264 valence electrons. The fourth-order valence-corrected chi connectivity index (χ4v) is 9.25. The van der Waals surface area contributed by atoms with Gasteiger partial charge in [0.05, 0.1) is 54.0 Å². The number of carboxylic acid groups (broad SMARTS) is 1. The molecular weight excluding hydrogens is 669 g/mol. The van der Waals surface area contributed by atoms with E-state index >= 15 is 4.39 Å². The summed E-state index contributed by atoms with van der Waals surface area (Å²) in [6.45, 7) is 3.67. The van der Waals surface area contributed by atoms with Crippen molar-refractivity contribution in [3.8, 4) is 0 Å². The summed E-state index contributed by atoms with van der Waals surface area (Å²) in [5.74, 6) is -2.30. The first kappa shape index (κ1) is 35.7. The van der Waals surface area contributed by atoms with Gasteiger partial charge >= 0.3 is 5.97 Å². The number of ether oxygens (including phenoxy) is 2. The second kappa shape index (κ2) is 15.9. The van der Waals surface area contributed by atoms with Gasteiger partial charge in [0.1, 0.15) is 5.82 Å². The fraction of sp³-hybridized carbons (Fsp3) is 0.541. The molecular formula is C37H45ClFN3O6S. The number of rotatable bonds is 12. The van der Waals surface area contributed by atoms with Crippen LogP contribution in [0.5, 0.6) is 0 Å². The van der Waals surface area contributed by atoms with Crippen LogP contribution in [0, 0.1) is 11.7 Å². The number of methoxy groups -OCH3 is 1. The number of carbonyl (C=O) groups excluding carboxylic acids is 2. The minimum absolute atomic E-state index is 0.0471. The summed E-state index contributed by atoms with van der Waals surface area (Å²) >= 11 is 8.03. The number of thiophene rings is 1. The standard InChI is InChI=1S/C37H45ClFN3O6S/c1-3-24-10-11-25(19-47-2)42(24)26-16-27(20-48-28-12-8-22(9-13-28)37(45)46)41(18-26)35(43)15-23-14-31(38)33(17-32(23)39)40-36(44)30-21-49-34-7-5-4-6-29(30)34/h4-7,14,17,21-22,24-28H,3,8-13,15-16,18-20H2,1-2H3,(H,40,44)(H,45,46)/t22?,24?,25-,26+,27+,28?/m1/s1. The second-order valence-corrected chi connectivity index (χ2v) is 14.9. The average Bonchev–Trinajstić information content (AvgIpc) is 3.83. The Morgan fingerprint density at radius 1 is 1.04 bits per heavy atom. The van der Waals surface area contributed by atoms with Crippen LogP contribution in [0.2, 0.25) is 5.02 Å². The first-order valence-corrected chi connectivity index (χ1v) is 18.6. The number of halogens is 2. The Balaban J connectivity index is 1.16. The van der Waals surface area contributed by atoms with Crippen molar-refractivity contribution in [1.82, 2.24) is 9.80 Å². The van der Waals surface area contributed by atoms with E-state index in [2.05, 4.69) is 17.1 Å². The minimum atomic E-state index is -0.755. The second-order valence-electron chi connectivity index (χ2n) is 13.6. The number of nitrogens with one attached hydrogen (secondary N) is 1. The van der Waals surface area contributed by atoms with Crippen molar-refractivity contribution in [3.63, 3.8) is 0 Å². The lowest BCUT2D eigenvalue weighted by molar-refractivity contribution is -0.144. The highest BCUT2D eigenvalue weighted by Crippen LogP contribution is 2.36. The maximum absolute atomic E-state index is 15.6. The smallest absolute Gasteiger partial charge is 0.306 e. The predicted octanol–water partition coefficient (Wildman–Crippen LogP) is 7.01. The number of hydrogen-bond donors (Lipinski definition) is 2. The molecule has 2 amide bonds. The molecule has 0 bridgehead atoms. The Labute approximate surface area is 295 Å². The molecule has 9 nitrogen and oxygen atoms in total. The molecule has 2 aliphatic heterocycles. The quantitative estimate of drug-likeness (QED) is 0.208. The summed E-state index contributed by atoms with van der Waals surface area (Å²) in [4.78, 5) is 42.9. The van der Waals surface area contributed by atoms with Gasteiger partial charge in [-0.1, -0.05) is 36.7 Å². The van der Waals surface area contributed by atoms with E-state index in [1.54, 1.807) is 12.5 Å². The number of benzene rings is 2. The zero-order chi connectivity index (χ0) is 34.7. The summed E-state index contributed by atoms with van der Waals surface area (Å²) in [5.41, 5.74) is 0.790. The number of hydrogen-bond acceptors (Lipinski definition) is 7. The number of aliphatic carboxylic acids is 1. The predicted molar refractivity (Wildman–Crippen MR) is 189 cm³/mol. The third kappa shape index (κ3) is 7.96. The van der Waals surface area contributed by atoms with Crippen molar-refractivity contribution in [2.75, 3.05) is 32.2 Å².